The first-order chi connectivity index (χ1) is 14.3. The van der Waals surface area contributed by atoms with E-state index in [9.17, 15) is 13.2 Å². The lowest BCUT2D eigenvalue weighted by molar-refractivity contribution is -0.139. The van der Waals surface area contributed by atoms with Crippen molar-refractivity contribution in [3.63, 3.8) is 0 Å². The highest BCUT2D eigenvalue weighted by Gasteiger charge is 2.35. The van der Waals surface area contributed by atoms with Gasteiger partial charge in [-0.25, -0.2) is 4.98 Å². The Hall–Kier alpha value is -2.44. The Bertz CT molecular complexity index is 866. The molecule has 0 fully saturated rings. The van der Waals surface area contributed by atoms with Crippen molar-refractivity contribution in [2.75, 3.05) is 34.4 Å². The summed E-state index contributed by atoms with van der Waals surface area (Å²) in [6.07, 6.45) is -3.28. The summed E-state index contributed by atoms with van der Waals surface area (Å²) >= 11 is 0. The maximum absolute atomic E-state index is 13.0. The largest absolute Gasteiger partial charge is 0.497 e. The van der Waals surface area contributed by atoms with E-state index < -0.39 is 17.6 Å². The van der Waals surface area contributed by atoms with Crippen LogP contribution in [-0.2, 0) is 6.18 Å². The van der Waals surface area contributed by atoms with Crippen LogP contribution in [0, 0.1) is 0 Å². The molecule has 2 aromatic rings. The molecule has 1 heterocycles. The van der Waals surface area contributed by atoms with Gasteiger partial charge in [0.15, 0.2) is 5.96 Å². The first-order valence-corrected chi connectivity index (χ1v) is 9.14. The summed E-state index contributed by atoms with van der Waals surface area (Å²) < 4.78 is 54.8. The fraction of sp³-hybridized carbons (Fsp3) is 0.400. The normalized spacial score (nSPS) is 12.4. The van der Waals surface area contributed by atoms with Crippen molar-refractivity contribution < 1.29 is 27.4 Å². The summed E-state index contributed by atoms with van der Waals surface area (Å²) in [6, 6.07) is 7.42. The van der Waals surface area contributed by atoms with Crippen molar-refractivity contribution in [2.45, 2.75) is 19.1 Å². The van der Waals surface area contributed by atoms with Crippen LogP contribution < -0.4 is 24.8 Å². The van der Waals surface area contributed by atoms with Crippen molar-refractivity contribution in [2.24, 2.45) is 4.99 Å². The zero-order chi connectivity index (χ0) is 22.1. The Kier molecular flexibility index (Phi) is 10.7. The molecule has 11 heteroatoms. The van der Waals surface area contributed by atoms with Gasteiger partial charge < -0.3 is 24.8 Å². The number of alkyl halides is 3. The summed E-state index contributed by atoms with van der Waals surface area (Å²) in [7, 11) is 4.75. The summed E-state index contributed by atoms with van der Waals surface area (Å²) in [6.45, 7) is 2.11. The van der Waals surface area contributed by atoms with Gasteiger partial charge in [-0.1, -0.05) is 0 Å². The van der Waals surface area contributed by atoms with Crippen LogP contribution in [0.3, 0.4) is 0 Å². The van der Waals surface area contributed by atoms with Crippen LogP contribution in [0.25, 0.3) is 0 Å². The third kappa shape index (κ3) is 7.64. The molecule has 1 aromatic heterocycles. The quantitative estimate of drug-likeness (QED) is 0.222. The van der Waals surface area contributed by atoms with Crippen LogP contribution in [0.5, 0.6) is 17.4 Å². The molecule has 0 radical (unpaired) electrons. The fourth-order valence-corrected chi connectivity index (χ4v) is 2.69. The molecular weight excluding hydrogens is 528 g/mol. The number of hydrogen-bond acceptors (Lipinski definition) is 5. The monoisotopic (exact) mass is 554 g/mol. The predicted molar refractivity (Wildman–Crippen MR) is 123 cm³/mol. The van der Waals surface area contributed by atoms with Gasteiger partial charge in [-0.15, -0.1) is 24.0 Å². The molecule has 0 saturated carbocycles. The molecule has 0 aliphatic rings. The lowest BCUT2D eigenvalue weighted by Gasteiger charge is -2.21. The summed E-state index contributed by atoms with van der Waals surface area (Å²) in [4.78, 5) is 7.79. The van der Waals surface area contributed by atoms with E-state index in [-0.39, 0.29) is 43.2 Å². The highest BCUT2D eigenvalue weighted by molar-refractivity contribution is 14.0. The number of hydrogen-bond donors (Lipinski definition) is 2. The number of nitrogens with zero attached hydrogens (tertiary/aromatic N) is 2. The molecule has 1 atom stereocenters. The number of guanidine groups is 1. The molecule has 0 amide bonds. The van der Waals surface area contributed by atoms with E-state index in [2.05, 4.69) is 20.6 Å². The highest BCUT2D eigenvalue weighted by atomic mass is 127. The zero-order valence-corrected chi connectivity index (χ0v) is 19.9. The molecule has 0 saturated heterocycles. The van der Waals surface area contributed by atoms with E-state index in [1.54, 1.807) is 27.3 Å². The van der Waals surface area contributed by atoms with Crippen LogP contribution in [0.4, 0.5) is 13.2 Å². The predicted octanol–water partition coefficient (Wildman–Crippen LogP) is 4.04. The van der Waals surface area contributed by atoms with Crippen molar-refractivity contribution in [3.05, 3.63) is 47.7 Å². The summed E-state index contributed by atoms with van der Waals surface area (Å²) in [5.41, 5.74) is -0.0504. The topological polar surface area (TPSA) is 77.0 Å². The van der Waals surface area contributed by atoms with E-state index in [0.29, 0.717) is 17.5 Å². The summed E-state index contributed by atoms with van der Waals surface area (Å²) in [5.74, 6) is 1.37. The van der Waals surface area contributed by atoms with Gasteiger partial charge in [-0.2, -0.15) is 13.2 Å². The highest BCUT2D eigenvalue weighted by Crippen LogP contribution is 2.34. The van der Waals surface area contributed by atoms with Crippen molar-refractivity contribution in [1.82, 2.24) is 15.6 Å². The Labute approximate surface area is 196 Å². The van der Waals surface area contributed by atoms with Crippen molar-refractivity contribution in [3.8, 4) is 17.4 Å². The summed E-state index contributed by atoms with van der Waals surface area (Å²) in [5, 5.41) is 6.19. The SMILES string of the molecule is CN=C(NCCOc1ncccc1C(F)(F)F)NC(C)c1cc(OC)ccc1OC.I. The minimum atomic E-state index is -4.53. The number of ether oxygens (including phenoxy) is 3. The zero-order valence-electron chi connectivity index (χ0n) is 17.6. The second-order valence-electron chi connectivity index (χ2n) is 6.18. The van der Waals surface area contributed by atoms with E-state index >= 15 is 0 Å². The molecule has 31 heavy (non-hydrogen) atoms. The van der Waals surface area contributed by atoms with Gasteiger partial charge >= 0.3 is 6.18 Å². The second-order valence-corrected chi connectivity index (χ2v) is 6.18. The van der Waals surface area contributed by atoms with Crippen LogP contribution in [0.2, 0.25) is 0 Å². The minimum absolute atomic E-state index is 0. The molecule has 172 valence electrons. The smallest absolute Gasteiger partial charge is 0.421 e. The van der Waals surface area contributed by atoms with Crippen molar-refractivity contribution in [1.29, 1.82) is 0 Å². The van der Waals surface area contributed by atoms with Crippen LogP contribution in [-0.4, -0.2) is 45.4 Å². The van der Waals surface area contributed by atoms with Gasteiger partial charge in [-0.05, 0) is 37.3 Å². The molecule has 0 aliphatic heterocycles. The van der Waals surface area contributed by atoms with Gasteiger partial charge in [0.1, 0.15) is 23.7 Å². The standard InChI is InChI=1S/C20H25F3N4O3.HI/c1-13(15-12-14(28-3)7-8-17(15)29-4)27-19(24-2)26-10-11-30-18-16(20(21,22)23)6-5-9-25-18;/h5-9,12-13H,10-11H2,1-4H3,(H2,24,26,27);1H. The second kappa shape index (κ2) is 12.4. The Balaban J connectivity index is 0.00000480. The minimum Gasteiger partial charge on any atom is -0.497 e. The number of halogens is 4. The van der Waals surface area contributed by atoms with E-state index in [4.69, 9.17) is 14.2 Å². The van der Waals surface area contributed by atoms with E-state index in [0.717, 1.165) is 11.6 Å². The number of nitrogens with one attached hydrogen (secondary N) is 2. The van der Waals surface area contributed by atoms with E-state index in [1.807, 2.05) is 19.1 Å². The van der Waals surface area contributed by atoms with Gasteiger partial charge in [-0.3, -0.25) is 4.99 Å². The fourth-order valence-electron chi connectivity index (χ4n) is 2.69. The number of aromatic nitrogens is 1. The molecule has 2 rings (SSSR count). The molecule has 1 aromatic carbocycles. The van der Waals surface area contributed by atoms with Gasteiger partial charge in [0.05, 0.1) is 26.8 Å². The van der Waals surface area contributed by atoms with Crippen LogP contribution in [0.1, 0.15) is 24.1 Å². The van der Waals surface area contributed by atoms with Crippen LogP contribution in [0.15, 0.2) is 41.5 Å². The van der Waals surface area contributed by atoms with Crippen LogP contribution >= 0.6 is 24.0 Å². The van der Waals surface area contributed by atoms with Gasteiger partial charge in [0.2, 0.25) is 5.88 Å². The molecule has 7 nitrogen and oxygen atoms in total. The number of pyridine rings is 1. The van der Waals surface area contributed by atoms with Gasteiger partial charge in [0.25, 0.3) is 0 Å². The average molecular weight is 554 g/mol. The van der Waals surface area contributed by atoms with Gasteiger partial charge in [0, 0.05) is 18.8 Å². The lowest BCUT2D eigenvalue weighted by atomic mass is 10.1. The molecule has 1 unspecified atom stereocenters. The average Bonchev–Trinajstić information content (AvgIpc) is 2.74. The van der Waals surface area contributed by atoms with Crippen molar-refractivity contribution >= 4 is 29.9 Å². The lowest BCUT2D eigenvalue weighted by Crippen LogP contribution is -2.40. The number of aliphatic imine (C=N–C) groups is 1. The molecule has 0 spiro atoms. The Morgan fingerprint density at radius 2 is 1.94 bits per heavy atom. The third-order valence-electron chi connectivity index (χ3n) is 4.19. The maximum Gasteiger partial charge on any atom is 0.421 e. The maximum atomic E-state index is 13.0. The Morgan fingerprint density at radius 1 is 1.19 bits per heavy atom. The number of rotatable bonds is 8. The number of methoxy groups -OCH3 is 2. The first kappa shape index (κ1) is 26.6. The third-order valence-corrected chi connectivity index (χ3v) is 4.19. The number of benzene rings is 1. The van der Waals surface area contributed by atoms with E-state index in [1.165, 1.54) is 12.3 Å². The molecular formula is C20H26F3IN4O3. The molecule has 0 bridgehead atoms. The molecule has 2 N–H and O–H groups in total. The Morgan fingerprint density at radius 3 is 2.55 bits per heavy atom. The molecule has 0 aliphatic carbocycles. The first-order valence-electron chi connectivity index (χ1n) is 9.14.